The summed E-state index contributed by atoms with van der Waals surface area (Å²) in [6.07, 6.45) is 2.81. The quantitative estimate of drug-likeness (QED) is 0.856. The Labute approximate surface area is 111 Å². The molecule has 1 saturated carbocycles. The summed E-state index contributed by atoms with van der Waals surface area (Å²) in [5, 5.41) is 3.27. The van der Waals surface area contributed by atoms with E-state index in [-0.39, 0.29) is 5.91 Å². The summed E-state index contributed by atoms with van der Waals surface area (Å²) in [7, 11) is 1.67. The van der Waals surface area contributed by atoms with Crippen molar-refractivity contribution in [3.63, 3.8) is 0 Å². The molecule has 104 valence electrons. The van der Waals surface area contributed by atoms with E-state index in [9.17, 15) is 13.6 Å². The molecule has 0 unspecified atom stereocenters. The maximum Gasteiger partial charge on any atom is 0.223 e. The van der Waals surface area contributed by atoms with Gasteiger partial charge in [0.2, 0.25) is 5.91 Å². The fourth-order valence-corrected chi connectivity index (χ4v) is 1.86. The van der Waals surface area contributed by atoms with Gasteiger partial charge in [0.15, 0.2) is 11.6 Å². The summed E-state index contributed by atoms with van der Waals surface area (Å²) in [5.41, 5.74) is 0.588. The predicted molar refractivity (Wildman–Crippen MR) is 68.5 cm³/mol. The Morgan fingerprint density at radius 1 is 1.37 bits per heavy atom. The van der Waals surface area contributed by atoms with Gasteiger partial charge in [-0.25, -0.2) is 8.78 Å². The third-order valence-electron chi connectivity index (χ3n) is 3.18. The van der Waals surface area contributed by atoms with E-state index in [0.717, 1.165) is 12.1 Å². The van der Waals surface area contributed by atoms with Crippen LogP contribution in [-0.2, 0) is 11.3 Å². The largest absolute Gasteiger partial charge is 0.341 e. The molecular weight excluding hydrogens is 250 g/mol. The summed E-state index contributed by atoms with van der Waals surface area (Å²) >= 11 is 0. The van der Waals surface area contributed by atoms with Gasteiger partial charge in [-0.15, -0.1) is 0 Å². The molecule has 1 amide bonds. The monoisotopic (exact) mass is 268 g/mol. The minimum atomic E-state index is -0.881. The van der Waals surface area contributed by atoms with Crippen molar-refractivity contribution >= 4 is 5.91 Å². The SMILES string of the molecule is CN(Cc1ccc(F)c(F)c1)C(=O)CCNC1CC1. The van der Waals surface area contributed by atoms with E-state index in [4.69, 9.17) is 0 Å². The standard InChI is InChI=1S/C14H18F2N2O/c1-18(14(19)6-7-17-11-3-4-11)9-10-2-5-12(15)13(16)8-10/h2,5,8,11,17H,3-4,6-7,9H2,1H3. The minimum absolute atomic E-state index is 0.00196. The number of carbonyl (C=O) groups excluding carboxylic acids is 1. The predicted octanol–water partition coefficient (Wildman–Crippen LogP) is 2.07. The first-order chi connectivity index (χ1) is 9.06. The number of halogens is 2. The Morgan fingerprint density at radius 3 is 2.74 bits per heavy atom. The Kier molecular flexibility index (Phi) is 4.47. The number of rotatable bonds is 6. The second-order valence-electron chi connectivity index (χ2n) is 4.98. The number of benzene rings is 1. The van der Waals surface area contributed by atoms with Crippen LogP contribution < -0.4 is 5.32 Å². The molecule has 5 heteroatoms. The summed E-state index contributed by atoms with van der Waals surface area (Å²) in [4.78, 5) is 13.3. The van der Waals surface area contributed by atoms with Gasteiger partial charge < -0.3 is 10.2 Å². The maximum atomic E-state index is 13.0. The van der Waals surface area contributed by atoms with Crippen LogP contribution in [0.4, 0.5) is 8.78 Å². The lowest BCUT2D eigenvalue weighted by Gasteiger charge is -2.17. The van der Waals surface area contributed by atoms with E-state index >= 15 is 0 Å². The van der Waals surface area contributed by atoms with E-state index in [1.807, 2.05) is 0 Å². The Bertz CT molecular complexity index is 461. The molecular formula is C14H18F2N2O. The molecule has 1 aliphatic rings. The van der Waals surface area contributed by atoms with Gasteiger partial charge in [0.1, 0.15) is 0 Å². The average molecular weight is 268 g/mol. The molecule has 1 fully saturated rings. The van der Waals surface area contributed by atoms with Crippen molar-refractivity contribution in [1.82, 2.24) is 10.2 Å². The third-order valence-corrected chi connectivity index (χ3v) is 3.18. The molecule has 0 aliphatic heterocycles. The molecule has 1 aliphatic carbocycles. The topological polar surface area (TPSA) is 32.3 Å². The first kappa shape index (κ1) is 13.9. The van der Waals surface area contributed by atoms with E-state index in [1.54, 1.807) is 7.05 Å². The summed E-state index contributed by atoms with van der Waals surface area (Å²) in [5.74, 6) is -1.75. The number of nitrogens with one attached hydrogen (secondary N) is 1. The van der Waals surface area contributed by atoms with E-state index in [2.05, 4.69) is 5.32 Å². The fraction of sp³-hybridized carbons (Fsp3) is 0.500. The second kappa shape index (κ2) is 6.10. The second-order valence-corrected chi connectivity index (χ2v) is 4.98. The molecule has 0 radical (unpaired) electrons. The van der Waals surface area contributed by atoms with Crippen LogP contribution in [0.3, 0.4) is 0 Å². The smallest absolute Gasteiger partial charge is 0.223 e. The highest BCUT2D eigenvalue weighted by Gasteiger charge is 2.20. The maximum absolute atomic E-state index is 13.0. The Morgan fingerprint density at radius 2 is 2.11 bits per heavy atom. The first-order valence-corrected chi connectivity index (χ1v) is 6.47. The zero-order valence-electron chi connectivity index (χ0n) is 11.0. The lowest BCUT2D eigenvalue weighted by Crippen LogP contribution is -2.30. The van der Waals surface area contributed by atoms with Gasteiger partial charge in [-0.05, 0) is 30.5 Å². The minimum Gasteiger partial charge on any atom is -0.341 e. The molecule has 0 spiro atoms. The van der Waals surface area contributed by atoms with Gasteiger partial charge >= 0.3 is 0 Å². The van der Waals surface area contributed by atoms with Crippen LogP contribution in [0.15, 0.2) is 18.2 Å². The molecule has 1 aromatic carbocycles. The van der Waals surface area contributed by atoms with Crippen molar-refractivity contribution in [2.24, 2.45) is 0 Å². The van der Waals surface area contributed by atoms with Gasteiger partial charge in [0.25, 0.3) is 0 Å². The van der Waals surface area contributed by atoms with Gasteiger partial charge in [0.05, 0.1) is 0 Å². The zero-order valence-corrected chi connectivity index (χ0v) is 11.0. The van der Waals surface area contributed by atoms with E-state index in [0.29, 0.717) is 31.1 Å². The molecule has 19 heavy (non-hydrogen) atoms. The molecule has 0 aromatic heterocycles. The van der Waals surface area contributed by atoms with E-state index in [1.165, 1.54) is 23.8 Å². The van der Waals surface area contributed by atoms with Crippen molar-refractivity contribution in [1.29, 1.82) is 0 Å². The van der Waals surface area contributed by atoms with E-state index < -0.39 is 11.6 Å². The van der Waals surface area contributed by atoms with Gasteiger partial charge in [-0.3, -0.25) is 4.79 Å². The lowest BCUT2D eigenvalue weighted by molar-refractivity contribution is -0.130. The zero-order chi connectivity index (χ0) is 13.8. The molecule has 0 saturated heterocycles. The first-order valence-electron chi connectivity index (χ1n) is 6.47. The lowest BCUT2D eigenvalue weighted by atomic mass is 10.2. The van der Waals surface area contributed by atoms with Gasteiger partial charge in [0, 0.05) is 32.6 Å². The van der Waals surface area contributed by atoms with Crippen LogP contribution in [0.5, 0.6) is 0 Å². The van der Waals surface area contributed by atoms with Crippen molar-refractivity contribution in [3.05, 3.63) is 35.4 Å². The molecule has 1 N–H and O–H groups in total. The van der Waals surface area contributed by atoms with Crippen LogP contribution >= 0.6 is 0 Å². The highest BCUT2D eigenvalue weighted by atomic mass is 19.2. The van der Waals surface area contributed by atoms with Gasteiger partial charge in [-0.1, -0.05) is 6.07 Å². The number of carbonyl (C=O) groups is 1. The molecule has 3 nitrogen and oxygen atoms in total. The van der Waals surface area contributed by atoms with Crippen LogP contribution in [0.25, 0.3) is 0 Å². The molecule has 1 aromatic rings. The number of nitrogens with zero attached hydrogens (tertiary/aromatic N) is 1. The Balaban J connectivity index is 1.79. The molecule has 0 heterocycles. The van der Waals surface area contributed by atoms with Crippen LogP contribution in [0, 0.1) is 11.6 Å². The summed E-state index contributed by atoms with van der Waals surface area (Å²) in [6.45, 7) is 0.963. The molecule has 0 atom stereocenters. The highest BCUT2D eigenvalue weighted by Crippen LogP contribution is 2.18. The molecule has 0 bridgehead atoms. The number of hydrogen-bond donors (Lipinski definition) is 1. The van der Waals surface area contributed by atoms with Gasteiger partial charge in [-0.2, -0.15) is 0 Å². The fourth-order valence-electron chi connectivity index (χ4n) is 1.86. The Hall–Kier alpha value is -1.49. The van der Waals surface area contributed by atoms with Crippen LogP contribution in [0.2, 0.25) is 0 Å². The highest BCUT2D eigenvalue weighted by molar-refractivity contribution is 5.76. The average Bonchev–Trinajstić information content (AvgIpc) is 3.17. The van der Waals surface area contributed by atoms with Crippen molar-refractivity contribution < 1.29 is 13.6 Å². The summed E-state index contributed by atoms with van der Waals surface area (Å²) in [6, 6.07) is 4.29. The van der Waals surface area contributed by atoms with Crippen LogP contribution in [-0.4, -0.2) is 30.4 Å². The normalized spacial score (nSPS) is 14.5. The summed E-state index contributed by atoms with van der Waals surface area (Å²) < 4.78 is 25.8. The van der Waals surface area contributed by atoms with Crippen molar-refractivity contribution in [3.8, 4) is 0 Å². The van der Waals surface area contributed by atoms with Crippen LogP contribution in [0.1, 0.15) is 24.8 Å². The molecule has 2 rings (SSSR count). The van der Waals surface area contributed by atoms with Crippen molar-refractivity contribution in [2.75, 3.05) is 13.6 Å². The number of amides is 1. The number of hydrogen-bond acceptors (Lipinski definition) is 2. The van der Waals surface area contributed by atoms with Crippen molar-refractivity contribution in [2.45, 2.75) is 31.8 Å². The third kappa shape index (κ3) is 4.28.